The Morgan fingerprint density at radius 1 is 1.07 bits per heavy atom. The third-order valence-corrected chi connectivity index (χ3v) is 4.56. The lowest BCUT2D eigenvalue weighted by molar-refractivity contribution is 0.0526. The van der Waals surface area contributed by atoms with E-state index in [2.05, 4.69) is 5.32 Å². The van der Waals surface area contributed by atoms with Gasteiger partial charge in [-0.1, -0.05) is 42.5 Å². The van der Waals surface area contributed by atoms with Gasteiger partial charge in [0.05, 0.1) is 24.8 Å². The fraction of sp³-hybridized carbons (Fsp3) is 0.261. The minimum Gasteiger partial charge on any atom is -0.462 e. The van der Waals surface area contributed by atoms with Gasteiger partial charge in [0.15, 0.2) is 0 Å². The van der Waals surface area contributed by atoms with Gasteiger partial charge in [-0.3, -0.25) is 0 Å². The lowest BCUT2D eigenvalue weighted by Crippen LogP contribution is -2.31. The molecule has 2 atom stereocenters. The van der Waals surface area contributed by atoms with Gasteiger partial charge in [-0.05, 0) is 43.7 Å². The summed E-state index contributed by atoms with van der Waals surface area (Å²) in [5.74, 6) is 1.17. The lowest BCUT2D eigenvalue weighted by Gasteiger charge is -2.20. The van der Waals surface area contributed by atoms with Gasteiger partial charge in [0.2, 0.25) is 0 Å². The van der Waals surface area contributed by atoms with Crippen LogP contribution in [0, 0.1) is 0 Å². The second-order valence-electron chi connectivity index (χ2n) is 6.59. The van der Waals surface area contributed by atoms with Gasteiger partial charge in [-0.2, -0.15) is 0 Å². The number of rotatable bonds is 8. The minimum atomic E-state index is -0.592. The van der Waals surface area contributed by atoms with E-state index >= 15 is 0 Å². The molecule has 0 radical (unpaired) electrons. The Labute approximate surface area is 165 Å². The second-order valence-corrected chi connectivity index (χ2v) is 6.59. The van der Waals surface area contributed by atoms with Crippen molar-refractivity contribution in [2.45, 2.75) is 32.5 Å². The lowest BCUT2D eigenvalue weighted by atomic mass is 10.0. The molecular weight excluding hydrogens is 354 g/mol. The van der Waals surface area contributed by atoms with E-state index in [9.17, 15) is 9.90 Å². The Morgan fingerprint density at radius 2 is 1.79 bits per heavy atom. The van der Waals surface area contributed by atoms with Crippen LogP contribution in [0.4, 0.5) is 0 Å². The highest BCUT2D eigenvalue weighted by atomic mass is 16.5. The smallest absolute Gasteiger partial charge is 0.338 e. The molecule has 0 fully saturated rings. The van der Waals surface area contributed by atoms with Gasteiger partial charge in [0.25, 0.3) is 0 Å². The highest BCUT2D eigenvalue weighted by Gasteiger charge is 2.16. The molecule has 3 aromatic rings. The first-order chi connectivity index (χ1) is 13.6. The maximum Gasteiger partial charge on any atom is 0.338 e. The van der Waals surface area contributed by atoms with Crippen molar-refractivity contribution < 1.29 is 19.1 Å². The molecule has 5 nitrogen and oxygen atoms in total. The maximum atomic E-state index is 11.7. The van der Waals surface area contributed by atoms with E-state index < -0.39 is 6.10 Å². The predicted octanol–water partition coefficient (Wildman–Crippen LogP) is 4.34. The van der Waals surface area contributed by atoms with Crippen molar-refractivity contribution in [1.29, 1.82) is 0 Å². The molecular formula is C23H25NO4. The molecule has 1 heterocycles. The Balaban J connectivity index is 1.59. The molecule has 2 N–H and O–H groups in total. The van der Waals surface area contributed by atoms with E-state index in [4.69, 9.17) is 9.15 Å². The normalized spacial score (nSPS) is 13.1. The highest BCUT2D eigenvalue weighted by molar-refractivity contribution is 5.89. The summed E-state index contributed by atoms with van der Waals surface area (Å²) >= 11 is 0. The quantitative estimate of drug-likeness (QED) is 0.570. The van der Waals surface area contributed by atoms with Crippen molar-refractivity contribution in [3.8, 4) is 11.3 Å². The SMILES string of the molecule is CCOC(=O)c1ccc(-c2ccc(CN[C@@H](C)[C@@H](O)c3ccccc3)o2)cc1. The molecule has 0 saturated carbocycles. The van der Waals surface area contributed by atoms with Crippen LogP contribution in [0.25, 0.3) is 11.3 Å². The number of benzene rings is 2. The first-order valence-corrected chi connectivity index (χ1v) is 9.41. The van der Waals surface area contributed by atoms with Gasteiger partial charge < -0.3 is 19.6 Å². The van der Waals surface area contributed by atoms with Gasteiger partial charge in [0.1, 0.15) is 11.5 Å². The Bertz CT molecular complexity index is 886. The first-order valence-electron chi connectivity index (χ1n) is 9.41. The molecule has 0 unspecified atom stereocenters. The predicted molar refractivity (Wildman–Crippen MR) is 108 cm³/mol. The zero-order valence-electron chi connectivity index (χ0n) is 16.1. The van der Waals surface area contributed by atoms with Crippen molar-refractivity contribution in [2.24, 2.45) is 0 Å². The number of hydrogen-bond donors (Lipinski definition) is 2. The molecule has 0 saturated heterocycles. The van der Waals surface area contributed by atoms with Crippen LogP contribution in [-0.4, -0.2) is 23.7 Å². The molecule has 146 valence electrons. The number of aliphatic hydroxyl groups excluding tert-OH is 1. The summed E-state index contributed by atoms with van der Waals surface area (Å²) in [6, 6.07) is 20.4. The summed E-state index contributed by atoms with van der Waals surface area (Å²) in [6.45, 7) is 4.58. The van der Waals surface area contributed by atoms with E-state index in [1.807, 2.05) is 61.5 Å². The van der Waals surface area contributed by atoms with Crippen LogP contribution in [0.15, 0.2) is 71.1 Å². The molecule has 1 aromatic heterocycles. The number of nitrogens with one attached hydrogen (secondary N) is 1. The van der Waals surface area contributed by atoms with Crippen LogP contribution in [0.2, 0.25) is 0 Å². The second kappa shape index (κ2) is 9.35. The molecule has 3 rings (SSSR count). The minimum absolute atomic E-state index is 0.125. The largest absolute Gasteiger partial charge is 0.462 e. The van der Waals surface area contributed by atoms with E-state index in [1.165, 1.54) is 0 Å². The Morgan fingerprint density at radius 3 is 2.46 bits per heavy atom. The Kier molecular flexibility index (Phi) is 6.63. The Hall–Kier alpha value is -2.89. The van der Waals surface area contributed by atoms with Crippen molar-refractivity contribution >= 4 is 5.97 Å². The molecule has 0 bridgehead atoms. The number of furan rings is 1. The number of esters is 1. The summed E-state index contributed by atoms with van der Waals surface area (Å²) in [7, 11) is 0. The van der Waals surface area contributed by atoms with Crippen LogP contribution in [-0.2, 0) is 11.3 Å². The number of aliphatic hydroxyl groups is 1. The third-order valence-electron chi connectivity index (χ3n) is 4.56. The van der Waals surface area contributed by atoms with Crippen LogP contribution in [0.3, 0.4) is 0 Å². The van der Waals surface area contributed by atoms with Crippen LogP contribution >= 0.6 is 0 Å². The highest BCUT2D eigenvalue weighted by Crippen LogP contribution is 2.23. The molecule has 2 aromatic carbocycles. The van der Waals surface area contributed by atoms with Gasteiger partial charge >= 0.3 is 5.97 Å². The third kappa shape index (κ3) is 4.88. The zero-order chi connectivity index (χ0) is 19.9. The first kappa shape index (κ1) is 19.9. The molecule has 0 spiro atoms. The molecule has 28 heavy (non-hydrogen) atoms. The van der Waals surface area contributed by atoms with Crippen molar-refractivity contribution in [3.63, 3.8) is 0 Å². The standard InChI is InChI=1S/C23H25NO4/c1-3-27-23(26)19-11-9-17(10-12-19)21-14-13-20(28-21)15-24-16(2)22(25)18-7-5-4-6-8-18/h4-14,16,22,24-25H,3,15H2,1-2H3/t16-,22+/m0/s1. The van der Waals surface area contributed by atoms with Crippen molar-refractivity contribution in [1.82, 2.24) is 5.32 Å². The van der Waals surface area contributed by atoms with E-state index in [0.717, 1.165) is 22.6 Å². The fourth-order valence-electron chi connectivity index (χ4n) is 2.93. The maximum absolute atomic E-state index is 11.7. The molecule has 0 aliphatic rings. The summed E-state index contributed by atoms with van der Waals surface area (Å²) < 4.78 is 10.9. The summed E-state index contributed by atoms with van der Waals surface area (Å²) in [4.78, 5) is 11.7. The average Bonchev–Trinajstić information content (AvgIpc) is 3.21. The van der Waals surface area contributed by atoms with Gasteiger partial charge in [-0.15, -0.1) is 0 Å². The van der Waals surface area contributed by atoms with Crippen LogP contribution in [0.1, 0.15) is 41.6 Å². The molecule has 0 amide bonds. The monoisotopic (exact) mass is 379 g/mol. The van der Waals surface area contributed by atoms with E-state index in [1.54, 1.807) is 19.1 Å². The fourth-order valence-corrected chi connectivity index (χ4v) is 2.93. The van der Waals surface area contributed by atoms with E-state index in [-0.39, 0.29) is 12.0 Å². The summed E-state index contributed by atoms with van der Waals surface area (Å²) in [5.41, 5.74) is 2.28. The number of carbonyl (C=O) groups is 1. The number of hydrogen-bond acceptors (Lipinski definition) is 5. The number of ether oxygens (including phenoxy) is 1. The van der Waals surface area contributed by atoms with E-state index in [0.29, 0.717) is 18.7 Å². The molecule has 0 aliphatic heterocycles. The van der Waals surface area contributed by atoms with Crippen molar-refractivity contribution in [3.05, 3.63) is 83.6 Å². The van der Waals surface area contributed by atoms with Crippen LogP contribution < -0.4 is 5.32 Å². The number of carbonyl (C=O) groups excluding carboxylic acids is 1. The average molecular weight is 379 g/mol. The van der Waals surface area contributed by atoms with Gasteiger partial charge in [0, 0.05) is 11.6 Å². The van der Waals surface area contributed by atoms with Crippen molar-refractivity contribution in [2.75, 3.05) is 6.61 Å². The topological polar surface area (TPSA) is 71.7 Å². The van der Waals surface area contributed by atoms with Crippen LogP contribution in [0.5, 0.6) is 0 Å². The summed E-state index contributed by atoms with van der Waals surface area (Å²) in [6.07, 6.45) is -0.592. The summed E-state index contributed by atoms with van der Waals surface area (Å²) in [5, 5.41) is 13.7. The zero-order valence-corrected chi connectivity index (χ0v) is 16.1. The molecule has 5 heteroatoms. The molecule has 0 aliphatic carbocycles. The van der Waals surface area contributed by atoms with Gasteiger partial charge in [-0.25, -0.2) is 4.79 Å².